The molecule has 0 fully saturated rings. The average Bonchev–Trinajstić information content (AvgIpc) is 3.00. The van der Waals surface area contributed by atoms with Gasteiger partial charge >= 0.3 is 0 Å². The molecule has 1 aromatic carbocycles. The third kappa shape index (κ3) is 2.57. The molecule has 0 bridgehead atoms. The van der Waals surface area contributed by atoms with Gasteiger partial charge in [-0.2, -0.15) is 0 Å². The average molecular weight is 330 g/mol. The van der Waals surface area contributed by atoms with Gasteiger partial charge in [0, 0.05) is 35.1 Å². The van der Waals surface area contributed by atoms with E-state index in [1.165, 1.54) is 0 Å². The highest BCUT2D eigenvalue weighted by Gasteiger charge is 2.17. The first-order chi connectivity index (χ1) is 12.1. The van der Waals surface area contributed by atoms with Crippen molar-refractivity contribution in [3.63, 3.8) is 0 Å². The first-order valence-corrected chi connectivity index (χ1v) is 7.60. The molecule has 122 valence electrons. The van der Waals surface area contributed by atoms with Gasteiger partial charge in [-0.05, 0) is 36.4 Å². The van der Waals surface area contributed by atoms with Crippen molar-refractivity contribution in [1.82, 2.24) is 19.9 Å². The van der Waals surface area contributed by atoms with Crippen LogP contribution in [0.15, 0.2) is 61.1 Å². The summed E-state index contributed by atoms with van der Waals surface area (Å²) in [6.07, 6.45) is 5.13. The van der Waals surface area contributed by atoms with Gasteiger partial charge in [-0.15, -0.1) is 0 Å². The number of nitrogens with zero attached hydrogens (tertiary/aromatic N) is 3. The standard InChI is InChI=1S/C18H14N6O/c19-18(20)23-17(25)14-10-24(16-13(14)4-2-8-22-16)12-5-6-15-11(9-12)3-1-7-21-15/h1-10H,(H4,19,20,23,25). The number of carbonyl (C=O) groups excluding carboxylic acids is 1. The number of rotatable bonds is 2. The molecule has 4 N–H and O–H groups in total. The molecule has 0 saturated carbocycles. The summed E-state index contributed by atoms with van der Waals surface area (Å²) in [6.45, 7) is 0. The van der Waals surface area contributed by atoms with Crippen molar-refractivity contribution >= 4 is 33.8 Å². The highest BCUT2D eigenvalue weighted by Crippen LogP contribution is 2.25. The second kappa shape index (κ2) is 5.72. The summed E-state index contributed by atoms with van der Waals surface area (Å²) in [7, 11) is 0. The van der Waals surface area contributed by atoms with E-state index in [0.29, 0.717) is 16.6 Å². The molecule has 0 spiro atoms. The summed E-state index contributed by atoms with van der Waals surface area (Å²) in [5.74, 6) is -0.835. The lowest BCUT2D eigenvalue weighted by atomic mass is 10.2. The molecule has 3 aromatic heterocycles. The van der Waals surface area contributed by atoms with E-state index in [2.05, 4.69) is 15.3 Å². The smallest absolute Gasteiger partial charge is 0.260 e. The molecule has 7 nitrogen and oxygen atoms in total. The second-order valence-electron chi connectivity index (χ2n) is 5.54. The summed E-state index contributed by atoms with van der Waals surface area (Å²) < 4.78 is 1.84. The minimum Gasteiger partial charge on any atom is -0.370 e. The van der Waals surface area contributed by atoms with E-state index < -0.39 is 11.9 Å². The van der Waals surface area contributed by atoms with Gasteiger partial charge in [-0.1, -0.05) is 6.07 Å². The maximum atomic E-state index is 12.3. The molecule has 4 aromatic rings. The van der Waals surface area contributed by atoms with E-state index in [0.717, 1.165) is 16.6 Å². The molecule has 25 heavy (non-hydrogen) atoms. The number of guanidine groups is 1. The summed E-state index contributed by atoms with van der Waals surface area (Å²) in [5, 5.41) is 11.3. The maximum absolute atomic E-state index is 12.3. The van der Waals surface area contributed by atoms with Crippen LogP contribution in [0, 0.1) is 5.41 Å². The Kier molecular flexibility index (Phi) is 3.39. The van der Waals surface area contributed by atoms with Gasteiger partial charge in [-0.3, -0.25) is 20.5 Å². The Morgan fingerprint density at radius 2 is 1.92 bits per heavy atom. The van der Waals surface area contributed by atoms with Gasteiger partial charge in [0.25, 0.3) is 5.91 Å². The lowest BCUT2D eigenvalue weighted by Gasteiger charge is -2.06. The van der Waals surface area contributed by atoms with Crippen LogP contribution >= 0.6 is 0 Å². The fourth-order valence-corrected chi connectivity index (χ4v) is 2.84. The van der Waals surface area contributed by atoms with Gasteiger partial charge in [0.05, 0.1) is 11.1 Å². The van der Waals surface area contributed by atoms with Crippen LogP contribution in [0.25, 0.3) is 27.6 Å². The highest BCUT2D eigenvalue weighted by atomic mass is 16.1. The van der Waals surface area contributed by atoms with E-state index in [4.69, 9.17) is 11.1 Å². The topological polar surface area (TPSA) is 110 Å². The first-order valence-electron chi connectivity index (χ1n) is 7.60. The first kappa shape index (κ1) is 14.8. The van der Waals surface area contributed by atoms with Crippen LogP contribution in [0.4, 0.5) is 0 Å². The van der Waals surface area contributed by atoms with Crippen LogP contribution < -0.4 is 11.1 Å². The molecule has 0 aliphatic rings. The number of nitrogens with two attached hydrogens (primary N) is 1. The molecule has 0 saturated heterocycles. The van der Waals surface area contributed by atoms with E-state index in [1.807, 2.05) is 41.0 Å². The minimum absolute atomic E-state index is 0.397. The molecule has 3 heterocycles. The van der Waals surface area contributed by atoms with Crippen LogP contribution in [-0.2, 0) is 0 Å². The zero-order valence-electron chi connectivity index (χ0n) is 13.1. The Morgan fingerprint density at radius 3 is 2.76 bits per heavy atom. The number of aromatic nitrogens is 3. The van der Waals surface area contributed by atoms with E-state index in [-0.39, 0.29) is 0 Å². The van der Waals surface area contributed by atoms with Gasteiger partial charge < -0.3 is 10.3 Å². The molecular formula is C18H14N6O. The van der Waals surface area contributed by atoms with Crippen LogP contribution in [-0.4, -0.2) is 26.4 Å². The Hall–Kier alpha value is -3.74. The van der Waals surface area contributed by atoms with Crippen molar-refractivity contribution in [3.8, 4) is 5.69 Å². The van der Waals surface area contributed by atoms with Crippen molar-refractivity contribution in [1.29, 1.82) is 5.41 Å². The number of hydrogen-bond donors (Lipinski definition) is 3. The lowest BCUT2D eigenvalue weighted by molar-refractivity contribution is 0.0978. The van der Waals surface area contributed by atoms with Gasteiger partial charge in [0.1, 0.15) is 5.65 Å². The fourth-order valence-electron chi connectivity index (χ4n) is 2.84. The molecule has 0 aliphatic heterocycles. The largest absolute Gasteiger partial charge is 0.370 e. The number of benzene rings is 1. The Morgan fingerprint density at radius 1 is 1.12 bits per heavy atom. The summed E-state index contributed by atoms with van der Waals surface area (Å²) in [4.78, 5) is 21.1. The number of amides is 1. The lowest BCUT2D eigenvalue weighted by Crippen LogP contribution is -2.35. The zero-order chi connectivity index (χ0) is 17.4. The number of nitrogens with one attached hydrogen (secondary N) is 2. The Balaban J connectivity index is 1.91. The predicted octanol–water partition coefficient (Wildman–Crippen LogP) is 2.20. The normalized spacial score (nSPS) is 10.9. The molecule has 4 rings (SSSR count). The van der Waals surface area contributed by atoms with Crippen LogP contribution in [0.3, 0.4) is 0 Å². The number of carbonyl (C=O) groups is 1. The fraction of sp³-hybridized carbons (Fsp3) is 0. The zero-order valence-corrected chi connectivity index (χ0v) is 13.1. The molecular weight excluding hydrogens is 316 g/mol. The summed E-state index contributed by atoms with van der Waals surface area (Å²) in [6, 6.07) is 13.3. The highest BCUT2D eigenvalue weighted by molar-refractivity contribution is 6.11. The monoisotopic (exact) mass is 330 g/mol. The van der Waals surface area contributed by atoms with Gasteiger partial charge in [-0.25, -0.2) is 4.98 Å². The van der Waals surface area contributed by atoms with Gasteiger partial charge in [0.2, 0.25) is 0 Å². The third-order valence-corrected chi connectivity index (χ3v) is 3.92. The van der Waals surface area contributed by atoms with Crippen molar-refractivity contribution in [2.45, 2.75) is 0 Å². The predicted molar refractivity (Wildman–Crippen MR) is 95.8 cm³/mol. The van der Waals surface area contributed by atoms with Crippen molar-refractivity contribution in [2.24, 2.45) is 5.73 Å². The molecule has 1 amide bonds. The van der Waals surface area contributed by atoms with Crippen LogP contribution in [0.1, 0.15) is 10.4 Å². The van der Waals surface area contributed by atoms with E-state index in [9.17, 15) is 4.79 Å². The number of pyridine rings is 2. The summed E-state index contributed by atoms with van der Waals surface area (Å²) >= 11 is 0. The van der Waals surface area contributed by atoms with E-state index >= 15 is 0 Å². The van der Waals surface area contributed by atoms with Crippen LogP contribution in [0.2, 0.25) is 0 Å². The molecule has 7 heteroatoms. The minimum atomic E-state index is -0.438. The molecule has 0 atom stereocenters. The number of fused-ring (bicyclic) bond motifs is 2. The van der Waals surface area contributed by atoms with Gasteiger partial charge in [0.15, 0.2) is 5.96 Å². The van der Waals surface area contributed by atoms with E-state index in [1.54, 1.807) is 24.7 Å². The van der Waals surface area contributed by atoms with Crippen LogP contribution in [0.5, 0.6) is 0 Å². The summed E-state index contributed by atoms with van der Waals surface area (Å²) in [5.41, 5.74) is 8.10. The maximum Gasteiger partial charge on any atom is 0.260 e. The van der Waals surface area contributed by atoms with Crippen molar-refractivity contribution < 1.29 is 4.79 Å². The van der Waals surface area contributed by atoms with Crippen molar-refractivity contribution in [3.05, 3.63) is 66.6 Å². The molecule has 0 aliphatic carbocycles. The van der Waals surface area contributed by atoms with Crippen molar-refractivity contribution in [2.75, 3.05) is 0 Å². The molecule has 0 radical (unpaired) electrons. The quantitative estimate of drug-likeness (QED) is 0.386. The third-order valence-electron chi connectivity index (χ3n) is 3.92. The second-order valence-corrected chi connectivity index (χ2v) is 5.54. The number of hydrogen-bond acceptors (Lipinski definition) is 4. The SMILES string of the molecule is N=C(N)NC(=O)c1cn(-c2ccc3ncccc3c2)c2ncccc12. The Labute approximate surface area is 142 Å². The Bertz CT molecular complexity index is 1130. The molecule has 0 unspecified atom stereocenters.